The monoisotopic (exact) mass is 294 g/mol. The molecule has 2 nitrogen and oxygen atoms in total. The molecule has 88 valence electrons. The van der Waals surface area contributed by atoms with E-state index in [-0.39, 0.29) is 5.82 Å². The van der Waals surface area contributed by atoms with Gasteiger partial charge in [-0.25, -0.2) is 4.39 Å². The van der Waals surface area contributed by atoms with Gasteiger partial charge in [0.1, 0.15) is 5.82 Å². The molecule has 0 saturated carbocycles. The Kier molecular flexibility index (Phi) is 3.64. The zero-order chi connectivity index (χ0) is 12.3. The highest BCUT2D eigenvalue weighted by Gasteiger charge is 2.02. The number of nitrogen functional groups attached to an aromatic ring is 1. The van der Waals surface area contributed by atoms with E-state index in [4.69, 9.17) is 5.73 Å². The van der Waals surface area contributed by atoms with E-state index >= 15 is 0 Å². The molecule has 2 aromatic rings. The first-order valence-electron chi connectivity index (χ1n) is 5.19. The van der Waals surface area contributed by atoms with Crippen molar-refractivity contribution in [1.29, 1.82) is 0 Å². The number of nitrogens with one attached hydrogen (secondary N) is 1. The minimum atomic E-state index is -0.202. The van der Waals surface area contributed by atoms with Crippen LogP contribution in [0.3, 0.4) is 0 Å². The van der Waals surface area contributed by atoms with Gasteiger partial charge < -0.3 is 11.1 Å². The van der Waals surface area contributed by atoms with Crippen LogP contribution in [0.15, 0.2) is 46.9 Å². The normalized spacial score (nSPS) is 10.2. The molecule has 4 heteroatoms. The topological polar surface area (TPSA) is 38.0 Å². The van der Waals surface area contributed by atoms with Crippen molar-refractivity contribution < 1.29 is 4.39 Å². The summed E-state index contributed by atoms with van der Waals surface area (Å²) in [5.41, 5.74) is 7.86. The number of rotatable bonds is 3. The molecule has 2 rings (SSSR count). The van der Waals surface area contributed by atoms with Gasteiger partial charge in [0, 0.05) is 28.0 Å². The van der Waals surface area contributed by atoms with Gasteiger partial charge in [-0.05, 0) is 40.2 Å². The third kappa shape index (κ3) is 2.97. The van der Waals surface area contributed by atoms with Crippen molar-refractivity contribution in [1.82, 2.24) is 0 Å². The number of halogens is 2. The average molecular weight is 295 g/mol. The zero-order valence-electron chi connectivity index (χ0n) is 9.08. The van der Waals surface area contributed by atoms with E-state index in [0.29, 0.717) is 17.8 Å². The van der Waals surface area contributed by atoms with Crippen LogP contribution in [0.1, 0.15) is 5.56 Å². The molecule has 0 atom stereocenters. The van der Waals surface area contributed by atoms with Crippen LogP contribution in [0.5, 0.6) is 0 Å². The maximum absolute atomic E-state index is 13.4. The van der Waals surface area contributed by atoms with Crippen molar-refractivity contribution >= 4 is 27.3 Å². The fraction of sp³-hybridized carbons (Fsp3) is 0.0769. The Morgan fingerprint density at radius 1 is 1.18 bits per heavy atom. The van der Waals surface area contributed by atoms with Gasteiger partial charge in [0.25, 0.3) is 0 Å². The maximum atomic E-state index is 13.4. The number of nitrogens with two attached hydrogens (primary N) is 1. The Labute approximate surface area is 108 Å². The van der Waals surface area contributed by atoms with E-state index in [1.54, 1.807) is 18.2 Å². The van der Waals surface area contributed by atoms with Gasteiger partial charge in [-0.15, -0.1) is 0 Å². The van der Waals surface area contributed by atoms with Gasteiger partial charge >= 0.3 is 0 Å². The van der Waals surface area contributed by atoms with Crippen LogP contribution in [-0.4, -0.2) is 0 Å². The minimum Gasteiger partial charge on any atom is -0.399 e. The third-order valence-corrected chi connectivity index (χ3v) is 3.08. The molecule has 0 fully saturated rings. The van der Waals surface area contributed by atoms with Crippen LogP contribution < -0.4 is 11.1 Å². The predicted octanol–water partition coefficient (Wildman–Crippen LogP) is 3.78. The number of hydrogen-bond acceptors (Lipinski definition) is 2. The summed E-state index contributed by atoms with van der Waals surface area (Å²) in [4.78, 5) is 0. The van der Waals surface area contributed by atoms with Crippen molar-refractivity contribution in [2.24, 2.45) is 0 Å². The second kappa shape index (κ2) is 5.19. The van der Waals surface area contributed by atoms with Crippen LogP contribution in [-0.2, 0) is 6.54 Å². The molecule has 17 heavy (non-hydrogen) atoms. The van der Waals surface area contributed by atoms with E-state index in [1.165, 1.54) is 6.07 Å². The summed E-state index contributed by atoms with van der Waals surface area (Å²) in [7, 11) is 0. The van der Waals surface area contributed by atoms with Gasteiger partial charge in [0.15, 0.2) is 0 Å². The molecular weight excluding hydrogens is 283 g/mol. The summed E-state index contributed by atoms with van der Waals surface area (Å²) >= 11 is 3.40. The molecular formula is C13H12BrFN2. The van der Waals surface area contributed by atoms with Crippen LogP contribution in [0, 0.1) is 5.82 Å². The lowest BCUT2D eigenvalue weighted by Gasteiger charge is -2.09. The van der Waals surface area contributed by atoms with Crippen molar-refractivity contribution in [3.63, 3.8) is 0 Å². The van der Waals surface area contributed by atoms with Gasteiger partial charge in [-0.3, -0.25) is 0 Å². The molecule has 0 aliphatic carbocycles. The van der Waals surface area contributed by atoms with E-state index < -0.39 is 0 Å². The second-order valence-electron chi connectivity index (χ2n) is 3.68. The lowest BCUT2D eigenvalue weighted by atomic mass is 10.2. The van der Waals surface area contributed by atoms with E-state index in [0.717, 1.165) is 10.2 Å². The Hall–Kier alpha value is -1.55. The van der Waals surface area contributed by atoms with E-state index in [2.05, 4.69) is 21.2 Å². The highest BCUT2D eigenvalue weighted by atomic mass is 79.9. The Morgan fingerprint density at radius 3 is 2.65 bits per heavy atom. The summed E-state index contributed by atoms with van der Waals surface area (Å²) in [6.07, 6.45) is 0. The minimum absolute atomic E-state index is 0.202. The second-order valence-corrected chi connectivity index (χ2v) is 4.54. The third-order valence-electron chi connectivity index (χ3n) is 2.42. The van der Waals surface area contributed by atoms with E-state index in [1.807, 2.05) is 18.2 Å². The number of benzene rings is 2. The van der Waals surface area contributed by atoms with Gasteiger partial charge in [0.2, 0.25) is 0 Å². The standard InChI is InChI=1S/C13H12BrFN2/c14-11-7-10(16)5-6-13(11)17-8-9-3-1-2-4-12(9)15/h1-7,17H,8,16H2. The Balaban J connectivity index is 2.10. The molecule has 0 bridgehead atoms. The summed E-state index contributed by atoms with van der Waals surface area (Å²) in [5.74, 6) is -0.202. The summed E-state index contributed by atoms with van der Waals surface area (Å²) < 4.78 is 14.3. The predicted molar refractivity (Wildman–Crippen MR) is 72.3 cm³/mol. The summed E-state index contributed by atoms with van der Waals surface area (Å²) in [6, 6.07) is 12.2. The lowest BCUT2D eigenvalue weighted by molar-refractivity contribution is 0.613. The van der Waals surface area contributed by atoms with Crippen molar-refractivity contribution in [2.45, 2.75) is 6.54 Å². The lowest BCUT2D eigenvalue weighted by Crippen LogP contribution is -2.02. The fourth-order valence-corrected chi connectivity index (χ4v) is 2.04. The first-order chi connectivity index (χ1) is 8.16. The molecule has 0 radical (unpaired) electrons. The quantitative estimate of drug-likeness (QED) is 0.846. The summed E-state index contributed by atoms with van der Waals surface area (Å²) in [6.45, 7) is 0.440. The first-order valence-corrected chi connectivity index (χ1v) is 5.98. The molecule has 0 aliphatic heterocycles. The van der Waals surface area contributed by atoms with E-state index in [9.17, 15) is 4.39 Å². The van der Waals surface area contributed by atoms with Crippen LogP contribution in [0.2, 0.25) is 0 Å². The molecule has 0 unspecified atom stereocenters. The van der Waals surface area contributed by atoms with Crippen molar-refractivity contribution in [2.75, 3.05) is 11.1 Å². The number of hydrogen-bond donors (Lipinski definition) is 2. The SMILES string of the molecule is Nc1ccc(NCc2ccccc2F)c(Br)c1. The summed E-state index contributed by atoms with van der Waals surface area (Å²) in [5, 5.41) is 3.15. The van der Waals surface area contributed by atoms with Crippen LogP contribution in [0.25, 0.3) is 0 Å². The molecule has 0 heterocycles. The molecule has 3 N–H and O–H groups in total. The van der Waals surface area contributed by atoms with Gasteiger partial charge in [-0.2, -0.15) is 0 Å². The Bertz CT molecular complexity index is 529. The molecule has 0 amide bonds. The number of anilines is 2. The van der Waals surface area contributed by atoms with Crippen LogP contribution in [0.4, 0.5) is 15.8 Å². The fourth-order valence-electron chi connectivity index (χ4n) is 1.51. The molecule has 2 aromatic carbocycles. The van der Waals surface area contributed by atoms with Crippen LogP contribution >= 0.6 is 15.9 Å². The van der Waals surface area contributed by atoms with Gasteiger partial charge in [0.05, 0.1) is 0 Å². The highest BCUT2D eigenvalue weighted by Crippen LogP contribution is 2.25. The maximum Gasteiger partial charge on any atom is 0.128 e. The molecule has 0 aliphatic rings. The smallest absolute Gasteiger partial charge is 0.128 e. The highest BCUT2D eigenvalue weighted by molar-refractivity contribution is 9.10. The Morgan fingerprint density at radius 2 is 1.94 bits per heavy atom. The first kappa shape index (κ1) is 11.9. The molecule has 0 spiro atoms. The van der Waals surface area contributed by atoms with Crippen molar-refractivity contribution in [3.8, 4) is 0 Å². The average Bonchev–Trinajstić information content (AvgIpc) is 2.30. The molecule has 0 aromatic heterocycles. The van der Waals surface area contributed by atoms with Crippen molar-refractivity contribution in [3.05, 3.63) is 58.3 Å². The van der Waals surface area contributed by atoms with Gasteiger partial charge in [-0.1, -0.05) is 18.2 Å². The molecule has 0 saturated heterocycles. The zero-order valence-corrected chi connectivity index (χ0v) is 10.7. The largest absolute Gasteiger partial charge is 0.399 e.